The normalized spacial score (nSPS) is 14.7. The highest BCUT2D eigenvalue weighted by atomic mass is 32.2. The Morgan fingerprint density at radius 2 is 1.33 bits per heavy atom. The lowest BCUT2D eigenvalue weighted by Gasteiger charge is -2.34. The van der Waals surface area contributed by atoms with Crippen molar-refractivity contribution in [2.75, 3.05) is 38.5 Å². The highest BCUT2D eigenvalue weighted by Gasteiger charge is 2.28. The number of ether oxygens (including phenoxy) is 1. The molecule has 1 heterocycles. The monoisotopic (exact) mass is 464 g/mol. The molecule has 1 amide bonds. The first-order chi connectivity index (χ1) is 16.0. The Labute approximate surface area is 195 Å². The van der Waals surface area contributed by atoms with Crippen LogP contribution in [0.25, 0.3) is 11.1 Å². The zero-order valence-corrected chi connectivity index (χ0v) is 19.3. The first-order valence-electron chi connectivity index (χ1n) is 11.1. The van der Waals surface area contributed by atoms with Gasteiger partial charge in [-0.1, -0.05) is 72.8 Å². The Kier molecular flexibility index (Phi) is 7.42. The van der Waals surface area contributed by atoms with Crippen molar-refractivity contribution in [3.05, 3.63) is 90.5 Å². The third-order valence-corrected chi connectivity index (χ3v) is 7.67. The van der Waals surface area contributed by atoms with Crippen molar-refractivity contribution in [2.45, 2.75) is 6.42 Å². The van der Waals surface area contributed by atoms with Gasteiger partial charge in [0.25, 0.3) is 5.91 Å². The molecule has 0 aliphatic carbocycles. The molecular weight excluding hydrogens is 436 g/mol. The summed E-state index contributed by atoms with van der Waals surface area (Å²) in [4.78, 5) is 14.2. The fourth-order valence-electron chi connectivity index (χ4n) is 3.85. The van der Waals surface area contributed by atoms with Crippen molar-refractivity contribution in [3.8, 4) is 16.9 Å². The second kappa shape index (κ2) is 10.6. The molecule has 6 nitrogen and oxygen atoms in total. The van der Waals surface area contributed by atoms with Crippen molar-refractivity contribution in [1.82, 2.24) is 9.21 Å². The Bertz CT molecular complexity index is 1140. The summed E-state index contributed by atoms with van der Waals surface area (Å²) in [5.41, 5.74) is 3.21. The molecule has 33 heavy (non-hydrogen) atoms. The summed E-state index contributed by atoms with van der Waals surface area (Å²) in [5.74, 6) is 0.571. The fraction of sp³-hybridized carbons (Fsp3) is 0.269. The molecule has 0 saturated carbocycles. The summed E-state index contributed by atoms with van der Waals surface area (Å²) in [7, 11) is -3.35. The molecule has 1 aliphatic heterocycles. The maximum Gasteiger partial charge on any atom is 0.260 e. The number of benzene rings is 3. The van der Waals surface area contributed by atoms with Crippen LogP contribution in [0.2, 0.25) is 0 Å². The van der Waals surface area contributed by atoms with Crippen LogP contribution in [0.1, 0.15) is 5.56 Å². The van der Waals surface area contributed by atoms with Crippen LogP contribution >= 0.6 is 0 Å². The van der Waals surface area contributed by atoms with E-state index in [-0.39, 0.29) is 18.3 Å². The summed E-state index contributed by atoms with van der Waals surface area (Å²) in [6.45, 7) is 1.31. The number of amides is 1. The first kappa shape index (κ1) is 23.0. The van der Waals surface area contributed by atoms with Gasteiger partial charge in [0, 0.05) is 26.2 Å². The molecule has 0 N–H and O–H groups in total. The second-order valence-corrected chi connectivity index (χ2v) is 10.1. The van der Waals surface area contributed by atoms with Crippen LogP contribution in [0.4, 0.5) is 0 Å². The summed E-state index contributed by atoms with van der Waals surface area (Å²) in [5, 5.41) is 0. The minimum absolute atomic E-state index is 0.0640. The summed E-state index contributed by atoms with van der Waals surface area (Å²) >= 11 is 0. The number of hydrogen-bond acceptors (Lipinski definition) is 4. The van der Waals surface area contributed by atoms with Crippen molar-refractivity contribution < 1.29 is 17.9 Å². The molecule has 0 spiro atoms. The van der Waals surface area contributed by atoms with E-state index in [2.05, 4.69) is 0 Å². The third kappa shape index (κ3) is 6.21. The first-order valence-corrected chi connectivity index (χ1v) is 12.7. The minimum Gasteiger partial charge on any atom is -0.484 e. The average molecular weight is 465 g/mol. The number of aryl methyl sites for hydroxylation is 1. The van der Waals surface area contributed by atoms with E-state index in [0.717, 1.165) is 16.7 Å². The van der Waals surface area contributed by atoms with Gasteiger partial charge in [0.15, 0.2) is 6.61 Å². The molecule has 172 valence electrons. The van der Waals surface area contributed by atoms with E-state index in [1.165, 1.54) is 4.31 Å². The van der Waals surface area contributed by atoms with E-state index < -0.39 is 10.0 Å². The lowest BCUT2D eigenvalue weighted by Crippen LogP contribution is -2.52. The highest BCUT2D eigenvalue weighted by Crippen LogP contribution is 2.22. The number of carbonyl (C=O) groups excluding carboxylic acids is 1. The molecule has 1 saturated heterocycles. The largest absolute Gasteiger partial charge is 0.484 e. The molecule has 0 unspecified atom stereocenters. The summed E-state index contributed by atoms with van der Waals surface area (Å²) < 4.78 is 32.5. The fourth-order valence-corrected chi connectivity index (χ4v) is 5.32. The Hall–Kier alpha value is -3.16. The van der Waals surface area contributed by atoms with Crippen molar-refractivity contribution in [2.24, 2.45) is 0 Å². The molecular formula is C26H28N2O4S. The van der Waals surface area contributed by atoms with Crippen LogP contribution in [0.5, 0.6) is 5.75 Å². The molecule has 0 radical (unpaired) electrons. The SMILES string of the molecule is O=C(COc1ccc(-c2ccccc2)cc1)N1CCN(S(=O)(=O)CCc2ccccc2)CC1. The number of hydrogen-bond donors (Lipinski definition) is 0. The quantitative estimate of drug-likeness (QED) is 0.512. The lowest BCUT2D eigenvalue weighted by molar-refractivity contribution is -0.134. The van der Waals surface area contributed by atoms with E-state index >= 15 is 0 Å². The number of rotatable bonds is 8. The Morgan fingerprint density at radius 3 is 1.97 bits per heavy atom. The third-order valence-electron chi connectivity index (χ3n) is 5.80. The van der Waals surface area contributed by atoms with Gasteiger partial charge in [0.1, 0.15) is 5.75 Å². The van der Waals surface area contributed by atoms with Gasteiger partial charge < -0.3 is 9.64 Å². The van der Waals surface area contributed by atoms with Gasteiger partial charge in [-0.3, -0.25) is 4.79 Å². The number of carbonyl (C=O) groups is 1. The maximum absolute atomic E-state index is 12.7. The number of sulfonamides is 1. The predicted molar refractivity (Wildman–Crippen MR) is 129 cm³/mol. The van der Waals surface area contributed by atoms with Crippen molar-refractivity contribution >= 4 is 15.9 Å². The topological polar surface area (TPSA) is 66.9 Å². The van der Waals surface area contributed by atoms with Gasteiger partial charge >= 0.3 is 0 Å². The minimum atomic E-state index is -3.35. The molecule has 7 heteroatoms. The lowest BCUT2D eigenvalue weighted by atomic mass is 10.1. The molecule has 4 rings (SSSR count). The van der Waals surface area contributed by atoms with Gasteiger partial charge in [-0.05, 0) is 35.2 Å². The molecule has 0 atom stereocenters. The van der Waals surface area contributed by atoms with Crippen LogP contribution in [0.3, 0.4) is 0 Å². The van der Waals surface area contributed by atoms with Gasteiger partial charge in [-0.25, -0.2) is 8.42 Å². The van der Waals surface area contributed by atoms with Crippen LogP contribution in [0, 0.1) is 0 Å². The maximum atomic E-state index is 12.7. The van der Waals surface area contributed by atoms with Gasteiger partial charge in [-0.15, -0.1) is 0 Å². The molecule has 0 bridgehead atoms. The summed E-state index contributed by atoms with van der Waals surface area (Å²) in [6.07, 6.45) is 0.485. The average Bonchev–Trinajstić information content (AvgIpc) is 2.88. The molecule has 1 aliphatic rings. The van der Waals surface area contributed by atoms with Crippen molar-refractivity contribution in [1.29, 1.82) is 0 Å². The standard InChI is InChI=1S/C26H28N2O4S/c29-26(21-32-25-13-11-24(12-14-25)23-9-5-2-6-10-23)27-16-18-28(19-17-27)33(30,31)20-15-22-7-3-1-4-8-22/h1-14H,15-21H2. The van der Waals surface area contributed by atoms with Crippen LogP contribution in [-0.4, -0.2) is 62.1 Å². The van der Waals surface area contributed by atoms with E-state index in [1.807, 2.05) is 84.9 Å². The smallest absolute Gasteiger partial charge is 0.260 e. The Balaban J connectivity index is 1.23. The number of nitrogens with zero attached hydrogens (tertiary/aromatic N) is 2. The van der Waals surface area contributed by atoms with Crippen LogP contribution in [0.15, 0.2) is 84.9 Å². The zero-order valence-electron chi connectivity index (χ0n) is 18.5. The number of piperazine rings is 1. The molecule has 3 aromatic rings. The van der Waals surface area contributed by atoms with Crippen LogP contribution < -0.4 is 4.74 Å². The predicted octanol–water partition coefficient (Wildman–Crippen LogP) is 3.45. The summed E-state index contributed by atoms with van der Waals surface area (Å²) in [6, 6.07) is 27.3. The second-order valence-electron chi connectivity index (χ2n) is 8.01. The Morgan fingerprint density at radius 1 is 0.758 bits per heavy atom. The van der Waals surface area contributed by atoms with E-state index in [0.29, 0.717) is 38.3 Å². The zero-order chi connectivity index (χ0) is 23.1. The van der Waals surface area contributed by atoms with E-state index in [1.54, 1.807) is 4.90 Å². The van der Waals surface area contributed by atoms with Gasteiger partial charge in [-0.2, -0.15) is 4.31 Å². The molecule has 0 aromatic heterocycles. The van der Waals surface area contributed by atoms with Crippen molar-refractivity contribution in [3.63, 3.8) is 0 Å². The van der Waals surface area contributed by atoms with Gasteiger partial charge in [0.2, 0.25) is 10.0 Å². The molecule has 3 aromatic carbocycles. The molecule has 1 fully saturated rings. The van der Waals surface area contributed by atoms with Crippen LogP contribution in [-0.2, 0) is 21.2 Å². The van der Waals surface area contributed by atoms with E-state index in [9.17, 15) is 13.2 Å². The highest BCUT2D eigenvalue weighted by molar-refractivity contribution is 7.89. The van der Waals surface area contributed by atoms with E-state index in [4.69, 9.17) is 4.74 Å². The van der Waals surface area contributed by atoms with Gasteiger partial charge in [0.05, 0.1) is 5.75 Å².